The Morgan fingerprint density at radius 3 is 2.47 bits per heavy atom. The van der Waals surface area contributed by atoms with Crippen molar-refractivity contribution in [1.82, 2.24) is 14.8 Å². The standard InChI is InChI=1S/C14H19N3/c1-11(2)10-17-9-6-14(16-17)12(3)13-4-7-15-8-5-13/h4-9,11-12H,10H2,1-3H3/t12-/m1/s1. The van der Waals surface area contributed by atoms with Crippen molar-refractivity contribution in [2.24, 2.45) is 5.92 Å². The second-order valence-electron chi connectivity index (χ2n) is 4.86. The van der Waals surface area contributed by atoms with Gasteiger partial charge in [-0.15, -0.1) is 0 Å². The van der Waals surface area contributed by atoms with Crippen molar-refractivity contribution in [3.05, 3.63) is 48.0 Å². The lowest BCUT2D eigenvalue weighted by molar-refractivity contribution is 0.478. The SMILES string of the molecule is CC(C)Cn1ccc([C@H](C)c2ccncc2)n1. The lowest BCUT2D eigenvalue weighted by atomic mass is 9.99. The van der Waals surface area contributed by atoms with Crippen LogP contribution in [-0.4, -0.2) is 14.8 Å². The third-order valence-corrected chi connectivity index (χ3v) is 2.86. The van der Waals surface area contributed by atoms with Gasteiger partial charge in [-0.1, -0.05) is 20.8 Å². The highest BCUT2D eigenvalue weighted by atomic mass is 15.3. The molecular formula is C14H19N3. The van der Waals surface area contributed by atoms with E-state index in [2.05, 4.69) is 43.1 Å². The lowest BCUT2D eigenvalue weighted by Crippen LogP contribution is -2.06. The first-order chi connectivity index (χ1) is 8.16. The second kappa shape index (κ2) is 5.13. The largest absolute Gasteiger partial charge is 0.272 e. The first-order valence-corrected chi connectivity index (χ1v) is 6.10. The van der Waals surface area contributed by atoms with E-state index in [9.17, 15) is 0 Å². The summed E-state index contributed by atoms with van der Waals surface area (Å²) in [6.07, 6.45) is 5.72. The molecule has 3 nitrogen and oxygen atoms in total. The summed E-state index contributed by atoms with van der Waals surface area (Å²) in [5.74, 6) is 0.949. The molecule has 0 spiro atoms. The average Bonchev–Trinajstić information content (AvgIpc) is 2.77. The number of hydrogen-bond acceptors (Lipinski definition) is 2. The molecule has 1 atom stereocenters. The zero-order valence-electron chi connectivity index (χ0n) is 10.7. The first kappa shape index (κ1) is 11.8. The van der Waals surface area contributed by atoms with Crippen LogP contribution in [0.25, 0.3) is 0 Å². The average molecular weight is 229 g/mol. The van der Waals surface area contributed by atoms with Crippen molar-refractivity contribution < 1.29 is 0 Å². The molecule has 90 valence electrons. The van der Waals surface area contributed by atoms with Crippen LogP contribution in [0.4, 0.5) is 0 Å². The van der Waals surface area contributed by atoms with Gasteiger partial charge in [-0.3, -0.25) is 9.67 Å². The van der Waals surface area contributed by atoms with Gasteiger partial charge in [-0.2, -0.15) is 5.10 Å². The lowest BCUT2D eigenvalue weighted by Gasteiger charge is -2.09. The smallest absolute Gasteiger partial charge is 0.0696 e. The molecule has 0 aliphatic heterocycles. The van der Waals surface area contributed by atoms with Gasteiger partial charge in [0.15, 0.2) is 0 Å². The van der Waals surface area contributed by atoms with Crippen molar-refractivity contribution in [2.75, 3.05) is 0 Å². The molecule has 2 heterocycles. The van der Waals surface area contributed by atoms with Crippen LogP contribution in [0.1, 0.15) is 37.9 Å². The highest BCUT2D eigenvalue weighted by Crippen LogP contribution is 2.21. The zero-order chi connectivity index (χ0) is 12.3. The molecule has 0 bridgehead atoms. The van der Waals surface area contributed by atoms with Gasteiger partial charge in [0, 0.05) is 31.1 Å². The van der Waals surface area contributed by atoms with Crippen LogP contribution in [0.2, 0.25) is 0 Å². The monoisotopic (exact) mass is 229 g/mol. The Balaban J connectivity index is 2.15. The highest BCUT2D eigenvalue weighted by Gasteiger charge is 2.11. The van der Waals surface area contributed by atoms with Crippen LogP contribution < -0.4 is 0 Å². The first-order valence-electron chi connectivity index (χ1n) is 6.10. The molecule has 0 fully saturated rings. The minimum Gasteiger partial charge on any atom is -0.272 e. The predicted octanol–water partition coefficient (Wildman–Crippen LogP) is 3.09. The Hall–Kier alpha value is -1.64. The van der Waals surface area contributed by atoms with E-state index in [4.69, 9.17) is 0 Å². The molecule has 0 saturated heterocycles. The van der Waals surface area contributed by atoms with Crippen molar-refractivity contribution in [3.8, 4) is 0 Å². The van der Waals surface area contributed by atoms with E-state index in [0.717, 1.165) is 12.2 Å². The summed E-state index contributed by atoms with van der Waals surface area (Å²) in [6, 6.07) is 6.20. The highest BCUT2D eigenvalue weighted by molar-refractivity contribution is 5.24. The molecule has 2 aromatic rings. The third-order valence-electron chi connectivity index (χ3n) is 2.86. The zero-order valence-corrected chi connectivity index (χ0v) is 10.7. The van der Waals surface area contributed by atoms with Gasteiger partial charge in [0.2, 0.25) is 0 Å². The quantitative estimate of drug-likeness (QED) is 0.806. The maximum atomic E-state index is 4.62. The van der Waals surface area contributed by atoms with Crippen molar-refractivity contribution in [1.29, 1.82) is 0 Å². The van der Waals surface area contributed by atoms with Crippen LogP contribution >= 0.6 is 0 Å². The number of hydrogen-bond donors (Lipinski definition) is 0. The maximum absolute atomic E-state index is 4.62. The summed E-state index contributed by atoms with van der Waals surface area (Å²) in [5.41, 5.74) is 2.38. The minimum absolute atomic E-state index is 0.325. The van der Waals surface area contributed by atoms with Crippen LogP contribution in [0.5, 0.6) is 0 Å². The predicted molar refractivity (Wildman–Crippen MR) is 68.8 cm³/mol. The topological polar surface area (TPSA) is 30.7 Å². The molecule has 17 heavy (non-hydrogen) atoms. The van der Waals surface area contributed by atoms with E-state index in [-0.39, 0.29) is 0 Å². The summed E-state index contributed by atoms with van der Waals surface area (Å²) < 4.78 is 2.03. The molecular weight excluding hydrogens is 210 g/mol. The number of aromatic nitrogens is 3. The van der Waals surface area contributed by atoms with Crippen molar-refractivity contribution >= 4 is 0 Å². The summed E-state index contributed by atoms with van der Waals surface area (Å²) in [7, 11) is 0. The number of rotatable bonds is 4. The van der Waals surface area contributed by atoms with E-state index in [1.807, 2.05) is 29.2 Å². The Morgan fingerprint density at radius 2 is 1.82 bits per heavy atom. The molecule has 0 aliphatic carbocycles. The van der Waals surface area contributed by atoms with E-state index in [1.165, 1.54) is 5.56 Å². The normalized spacial score (nSPS) is 12.9. The fraction of sp³-hybridized carbons (Fsp3) is 0.429. The van der Waals surface area contributed by atoms with Crippen molar-refractivity contribution in [3.63, 3.8) is 0 Å². The molecule has 0 saturated carbocycles. The summed E-state index contributed by atoms with van der Waals surface area (Å²) in [5, 5.41) is 4.62. The summed E-state index contributed by atoms with van der Waals surface area (Å²) in [4.78, 5) is 4.04. The van der Waals surface area contributed by atoms with Gasteiger partial charge >= 0.3 is 0 Å². The minimum atomic E-state index is 0.325. The molecule has 2 rings (SSSR count). The van der Waals surface area contributed by atoms with Crippen LogP contribution in [0.15, 0.2) is 36.8 Å². The van der Waals surface area contributed by atoms with Gasteiger partial charge in [-0.05, 0) is 29.7 Å². The van der Waals surface area contributed by atoms with Gasteiger partial charge < -0.3 is 0 Å². The van der Waals surface area contributed by atoms with Gasteiger partial charge in [0.1, 0.15) is 0 Å². The van der Waals surface area contributed by atoms with Gasteiger partial charge in [-0.25, -0.2) is 0 Å². The molecule has 0 aliphatic rings. The van der Waals surface area contributed by atoms with Gasteiger partial charge in [0.25, 0.3) is 0 Å². The second-order valence-corrected chi connectivity index (χ2v) is 4.86. The van der Waals surface area contributed by atoms with Crippen LogP contribution in [0, 0.1) is 5.92 Å². The van der Waals surface area contributed by atoms with E-state index < -0.39 is 0 Å². The van der Waals surface area contributed by atoms with Crippen molar-refractivity contribution in [2.45, 2.75) is 33.2 Å². The van der Waals surface area contributed by atoms with Gasteiger partial charge in [0.05, 0.1) is 5.69 Å². The Morgan fingerprint density at radius 1 is 1.12 bits per heavy atom. The molecule has 3 heteroatoms. The van der Waals surface area contributed by atoms with Crippen LogP contribution in [0.3, 0.4) is 0 Å². The molecule has 2 aromatic heterocycles. The summed E-state index contributed by atoms with van der Waals surface area (Å²) in [6.45, 7) is 7.56. The molecule has 0 N–H and O–H groups in total. The van der Waals surface area contributed by atoms with E-state index >= 15 is 0 Å². The molecule has 0 aromatic carbocycles. The summed E-state index contributed by atoms with van der Waals surface area (Å²) >= 11 is 0. The fourth-order valence-electron chi connectivity index (χ4n) is 1.91. The molecule has 0 unspecified atom stereocenters. The van der Waals surface area contributed by atoms with Crippen LogP contribution in [-0.2, 0) is 6.54 Å². The molecule has 0 radical (unpaired) electrons. The molecule has 0 amide bonds. The number of nitrogens with zero attached hydrogens (tertiary/aromatic N) is 3. The van der Waals surface area contributed by atoms with E-state index in [0.29, 0.717) is 11.8 Å². The maximum Gasteiger partial charge on any atom is 0.0696 e. The van der Waals surface area contributed by atoms with E-state index in [1.54, 1.807) is 0 Å². The number of pyridine rings is 1. The third kappa shape index (κ3) is 2.93. The fourth-order valence-corrected chi connectivity index (χ4v) is 1.91. The Bertz CT molecular complexity index is 459. The Labute approximate surface area is 103 Å². The Kier molecular flexibility index (Phi) is 3.57.